The molecule has 0 bridgehead atoms. The number of hydrogen-bond donors (Lipinski definition) is 0. The molecule has 2 heterocycles. The van der Waals surface area contributed by atoms with Crippen LogP contribution in [0, 0.1) is 25.2 Å². The van der Waals surface area contributed by atoms with Gasteiger partial charge in [-0.2, -0.15) is 10.4 Å². The number of aryl methyl sites for hydroxylation is 2. The van der Waals surface area contributed by atoms with Crippen molar-refractivity contribution < 1.29 is 0 Å². The van der Waals surface area contributed by atoms with Crippen molar-refractivity contribution in [2.24, 2.45) is 0 Å². The van der Waals surface area contributed by atoms with E-state index in [-0.39, 0.29) is 0 Å². The van der Waals surface area contributed by atoms with Crippen LogP contribution in [-0.4, -0.2) is 20.4 Å². The van der Waals surface area contributed by atoms with Gasteiger partial charge in [-0.3, -0.25) is 0 Å². The van der Waals surface area contributed by atoms with Crippen LogP contribution >= 0.6 is 11.8 Å². The minimum atomic E-state index is 0.363. The number of fused-ring (bicyclic) bond motifs is 1. The van der Waals surface area contributed by atoms with Crippen molar-refractivity contribution in [3.05, 3.63) is 47.7 Å². The average Bonchev–Trinajstić information content (AvgIpc) is 2.85. The van der Waals surface area contributed by atoms with Crippen molar-refractivity contribution in [1.82, 2.24) is 14.6 Å². The zero-order valence-corrected chi connectivity index (χ0v) is 12.7. The Kier molecular flexibility index (Phi) is 3.63. The molecule has 0 saturated heterocycles. The second-order valence-electron chi connectivity index (χ2n) is 4.78. The SMILES string of the molecule is Cc1cc(C)c2c(-c3ccccc3)nc(SCC#N)n2n1. The molecule has 5 heteroatoms. The van der Waals surface area contributed by atoms with Gasteiger partial charge in [-0.1, -0.05) is 42.1 Å². The zero-order chi connectivity index (χ0) is 14.8. The van der Waals surface area contributed by atoms with Crippen LogP contribution in [0.15, 0.2) is 41.6 Å². The quantitative estimate of drug-likeness (QED) is 0.692. The monoisotopic (exact) mass is 294 g/mol. The van der Waals surface area contributed by atoms with Gasteiger partial charge in [0.1, 0.15) is 0 Å². The van der Waals surface area contributed by atoms with Gasteiger partial charge in [-0.25, -0.2) is 9.50 Å². The summed E-state index contributed by atoms with van der Waals surface area (Å²) in [5, 5.41) is 14.1. The molecule has 0 fully saturated rings. The van der Waals surface area contributed by atoms with E-state index in [1.165, 1.54) is 11.8 Å². The van der Waals surface area contributed by atoms with Crippen LogP contribution in [0.3, 0.4) is 0 Å². The first-order valence-electron chi connectivity index (χ1n) is 6.63. The van der Waals surface area contributed by atoms with Gasteiger partial charge in [0.2, 0.25) is 0 Å². The van der Waals surface area contributed by atoms with Crippen LogP contribution in [0.25, 0.3) is 16.8 Å². The molecule has 104 valence electrons. The summed E-state index contributed by atoms with van der Waals surface area (Å²) >= 11 is 1.41. The maximum atomic E-state index is 8.80. The molecule has 0 spiro atoms. The van der Waals surface area contributed by atoms with Gasteiger partial charge in [-0.05, 0) is 25.5 Å². The first-order chi connectivity index (χ1) is 10.2. The highest BCUT2D eigenvalue weighted by molar-refractivity contribution is 7.99. The van der Waals surface area contributed by atoms with Crippen molar-refractivity contribution in [2.75, 3.05) is 5.75 Å². The number of nitriles is 1. The molecule has 21 heavy (non-hydrogen) atoms. The number of hydrogen-bond acceptors (Lipinski definition) is 4. The number of thioether (sulfide) groups is 1. The maximum absolute atomic E-state index is 8.80. The van der Waals surface area contributed by atoms with Crippen molar-refractivity contribution >= 4 is 17.3 Å². The summed E-state index contributed by atoms with van der Waals surface area (Å²) in [7, 11) is 0. The molecule has 0 aliphatic heterocycles. The van der Waals surface area contributed by atoms with Crippen LogP contribution in [0.4, 0.5) is 0 Å². The van der Waals surface area contributed by atoms with Crippen molar-refractivity contribution in [3.63, 3.8) is 0 Å². The molecule has 0 unspecified atom stereocenters. The van der Waals surface area contributed by atoms with Gasteiger partial charge in [-0.15, -0.1) is 0 Å². The summed E-state index contributed by atoms with van der Waals surface area (Å²) in [6.07, 6.45) is 0. The molecule has 1 aromatic carbocycles. The lowest BCUT2D eigenvalue weighted by atomic mass is 10.1. The fourth-order valence-electron chi connectivity index (χ4n) is 2.39. The van der Waals surface area contributed by atoms with Gasteiger partial charge in [0, 0.05) is 5.56 Å². The first-order valence-corrected chi connectivity index (χ1v) is 7.61. The normalized spacial score (nSPS) is 10.7. The second-order valence-corrected chi connectivity index (χ2v) is 5.73. The molecule has 0 saturated carbocycles. The highest BCUT2D eigenvalue weighted by Crippen LogP contribution is 2.30. The smallest absolute Gasteiger partial charge is 0.191 e. The number of rotatable bonds is 3. The Morgan fingerprint density at radius 2 is 2.00 bits per heavy atom. The maximum Gasteiger partial charge on any atom is 0.191 e. The highest BCUT2D eigenvalue weighted by atomic mass is 32.2. The highest BCUT2D eigenvalue weighted by Gasteiger charge is 2.16. The molecule has 0 aliphatic carbocycles. The van der Waals surface area contributed by atoms with E-state index in [2.05, 4.69) is 24.2 Å². The lowest BCUT2D eigenvalue weighted by Crippen LogP contribution is -1.98. The Morgan fingerprint density at radius 3 is 2.71 bits per heavy atom. The Balaban J connectivity index is 2.28. The molecule has 0 aliphatic rings. The summed E-state index contributed by atoms with van der Waals surface area (Å²) < 4.78 is 1.86. The van der Waals surface area contributed by atoms with Gasteiger partial charge in [0.25, 0.3) is 0 Å². The largest absolute Gasteiger partial charge is 0.220 e. The molecular formula is C16H14N4S. The van der Waals surface area contributed by atoms with Gasteiger partial charge in [0.05, 0.1) is 28.7 Å². The molecule has 3 rings (SSSR count). The predicted molar refractivity (Wildman–Crippen MR) is 84.2 cm³/mol. The van der Waals surface area contributed by atoms with E-state index in [4.69, 9.17) is 10.2 Å². The number of nitrogens with zero attached hydrogens (tertiary/aromatic N) is 4. The fraction of sp³-hybridized carbons (Fsp3) is 0.188. The summed E-state index contributed by atoms with van der Waals surface area (Å²) in [6.45, 7) is 4.03. The Hall–Kier alpha value is -2.32. The molecule has 0 radical (unpaired) electrons. The van der Waals surface area contributed by atoms with E-state index in [9.17, 15) is 0 Å². The molecule has 0 atom stereocenters. The van der Waals surface area contributed by atoms with E-state index in [1.54, 1.807) is 0 Å². The van der Waals surface area contributed by atoms with Crippen LogP contribution in [-0.2, 0) is 0 Å². The predicted octanol–water partition coefficient (Wildman–Crippen LogP) is 3.63. The molecule has 2 aromatic heterocycles. The van der Waals surface area contributed by atoms with Crippen molar-refractivity contribution in [1.29, 1.82) is 5.26 Å². The Labute approximate surface area is 127 Å². The second kappa shape index (κ2) is 5.58. The van der Waals surface area contributed by atoms with E-state index in [0.29, 0.717) is 5.75 Å². The third-order valence-corrected chi connectivity index (χ3v) is 3.99. The minimum Gasteiger partial charge on any atom is -0.220 e. The Morgan fingerprint density at radius 1 is 1.24 bits per heavy atom. The first kappa shape index (κ1) is 13.7. The third-order valence-electron chi connectivity index (χ3n) is 3.19. The number of imidazole rings is 1. The van der Waals surface area contributed by atoms with E-state index in [1.807, 2.05) is 41.8 Å². The van der Waals surface area contributed by atoms with E-state index in [0.717, 1.165) is 33.2 Å². The van der Waals surface area contributed by atoms with Gasteiger partial charge < -0.3 is 0 Å². The third kappa shape index (κ3) is 2.50. The molecule has 4 nitrogen and oxygen atoms in total. The minimum absolute atomic E-state index is 0.363. The summed E-state index contributed by atoms with van der Waals surface area (Å²) in [6, 6.07) is 14.3. The standard InChI is InChI=1S/C16H14N4S/c1-11-10-12(2)19-20-15(11)14(13-6-4-3-5-7-13)18-16(20)21-9-8-17/h3-7,10H,9H2,1-2H3. The lowest BCUT2D eigenvalue weighted by Gasteiger charge is -2.04. The van der Waals surface area contributed by atoms with Gasteiger partial charge >= 0.3 is 0 Å². The topological polar surface area (TPSA) is 54.0 Å². The van der Waals surface area contributed by atoms with Gasteiger partial charge in [0.15, 0.2) is 5.16 Å². The van der Waals surface area contributed by atoms with E-state index < -0.39 is 0 Å². The van der Waals surface area contributed by atoms with E-state index >= 15 is 0 Å². The van der Waals surface area contributed by atoms with Crippen molar-refractivity contribution in [3.8, 4) is 17.3 Å². The number of aromatic nitrogens is 3. The molecule has 0 amide bonds. The zero-order valence-electron chi connectivity index (χ0n) is 11.9. The molecule has 0 N–H and O–H groups in total. The fourth-order valence-corrected chi connectivity index (χ4v) is 3.00. The number of benzene rings is 1. The molecule has 3 aromatic rings. The van der Waals surface area contributed by atoms with Crippen LogP contribution in [0.5, 0.6) is 0 Å². The molecular weight excluding hydrogens is 280 g/mol. The van der Waals surface area contributed by atoms with Crippen LogP contribution in [0.1, 0.15) is 11.3 Å². The van der Waals surface area contributed by atoms with Crippen molar-refractivity contribution in [2.45, 2.75) is 19.0 Å². The summed E-state index contributed by atoms with van der Waals surface area (Å²) in [5.41, 5.74) is 5.06. The summed E-state index contributed by atoms with van der Waals surface area (Å²) in [4.78, 5) is 4.71. The lowest BCUT2D eigenvalue weighted by molar-refractivity contribution is 0.794. The average molecular weight is 294 g/mol. The Bertz CT molecular complexity index is 831. The van der Waals surface area contributed by atoms with Crippen LogP contribution in [0.2, 0.25) is 0 Å². The summed E-state index contributed by atoms with van der Waals surface area (Å²) in [5.74, 6) is 0.363. The van der Waals surface area contributed by atoms with Crippen LogP contribution < -0.4 is 0 Å².